The summed E-state index contributed by atoms with van der Waals surface area (Å²) in [4.78, 5) is 0. The van der Waals surface area contributed by atoms with Gasteiger partial charge in [0, 0.05) is 5.56 Å². The first-order valence-electron chi connectivity index (χ1n) is 6.53. The van der Waals surface area contributed by atoms with Crippen LogP contribution in [0.25, 0.3) is 0 Å². The van der Waals surface area contributed by atoms with Crippen molar-refractivity contribution in [1.82, 2.24) is 5.32 Å². The van der Waals surface area contributed by atoms with E-state index in [1.807, 2.05) is 27.0 Å². The molecule has 0 saturated heterocycles. The number of aryl methyl sites for hydroxylation is 3. The molecule has 1 atom stereocenters. The zero-order chi connectivity index (χ0) is 14.0. The van der Waals surface area contributed by atoms with Crippen LogP contribution in [0.2, 0.25) is 0 Å². The van der Waals surface area contributed by atoms with Crippen molar-refractivity contribution < 1.29 is 4.39 Å². The number of hydrogen-bond donors (Lipinski definition) is 1. The molecule has 2 rings (SSSR count). The number of benzene rings is 2. The lowest BCUT2D eigenvalue weighted by Crippen LogP contribution is -2.20. The van der Waals surface area contributed by atoms with Crippen LogP contribution < -0.4 is 5.32 Å². The van der Waals surface area contributed by atoms with E-state index in [4.69, 9.17) is 0 Å². The maximum atomic E-state index is 14.3. The zero-order valence-electron chi connectivity index (χ0n) is 11.9. The molecule has 2 aromatic rings. The highest BCUT2D eigenvalue weighted by Crippen LogP contribution is 2.28. The summed E-state index contributed by atoms with van der Waals surface area (Å²) in [6.45, 7) is 5.93. The minimum atomic E-state index is -0.141. The van der Waals surface area contributed by atoms with Gasteiger partial charge in [-0.1, -0.05) is 35.9 Å². The van der Waals surface area contributed by atoms with E-state index in [0.29, 0.717) is 0 Å². The van der Waals surface area contributed by atoms with Crippen LogP contribution >= 0.6 is 0 Å². The Kier molecular flexibility index (Phi) is 4.01. The fraction of sp³-hybridized carbons (Fsp3) is 0.294. The maximum absolute atomic E-state index is 14.3. The first-order chi connectivity index (χ1) is 9.02. The van der Waals surface area contributed by atoms with Crippen LogP contribution in [-0.2, 0) is 0 Å². The second-order valence-electron chi connectivity index (χ2n) is 5.11. The van der Waals surface area contributed by atoms with E-state index < -0.39 is 0 Å². The molecule has 0 aliphatic carbocycles. The molecule has 0 spiro atoms. The monoisotopic (exact) mass is 257 g/mol. The quantitative estimate of drug-likeness (QED) is 0.874. The Bertz CT molecular complexity index is 549. The lowest BCUT2D eigenvalue weighted by Gasteiger charge is -2.21. The van der Waals surface area contributed by atoms with E-state index in [1.165, 1.54) is 5.56 Å². The summed E-state index contributed by atoms with van der Waals surface area (Å²) in [5, 5.41) is 3.22. The first kappa shape index (κ1) is 13.8. The summed E-state index contributed by atoms with van der Waals surface area (Å²) in [7, 11) is 1.86. The first-order valence-corrected chi connectivity index (χ1v) is 6.53. The van der Waals surface area contributed by atoms with Gasteiger partial charge in [0.2, 0.25) is 0 Å². The van der Waals surface area contributed by atoms with Gasteiger partial charge in [-0.25, -0.2) is 4.39 Å². The Hall–Kier alpha value is -1.67. The Balaban J connectivity index is 2.51. The summed E-state index contributed by atoms with van der Waals surface area (Å²) in [5.74, 6) is -0.141. The van der Waals surface area contributed by atoms with E-state index in [0.717, 1.165) is 22.3 Å². The van der Waals surface area contributed by atoms with Gasteiger partial charge in [-0.2, -0.15) is 0 Å². The molecule has 0 aromatic heterocycles. The van der Waals surface area contributed by atoms with Crippen molar-refractivity contribution in [3.8, 4) is 0 Å². The Morgan fingerprint density at radius 3 is 2.11 bits per heavy atom. The smallest absolute Gasteiger partial charge is 0.128 e. The average Bonchev–Trinajstić information content (AvgIpc) is 2.35. The highest BCUT2D eigenvalue weighted by Gasteiger charge is 2.18. The summed E-state index contributed by atoms with van der Waals surface area (Å²) < 4.78 is 14.3. The maximum Gasteiger partial charge on any atom is 0.128 e. The molecular weight excluding hydrogens is 237 g/mol. The summed E-state index contributed by atoms with van der Waals surface area (Å²) >= 11 is 0. The van der Waals surface area contributed by atoms with Gasteiger partial charge in [-0.3, -0.25) is 0 Å². The molecule has 0 fully saturated rings. The van der Waals surface area contributed by atoms with Crippen molar-refractivity contribution in [3.63, 3.8) is 0 Å². The molecule has 0 amide bonds. The molecule has 2 aromatic carbocycles. The molecule has 19 heavy (non-hydrogen) atoms. The van der Waals surface area contributed by atoms with Crippen molar-refractivity contribution in [1.29, 1.82) is 0 Å². The minimum Gasteiger partial charge on any atom is -0.309 e. The van der Waals surface area contributed by atoms with E-state index >= 15 is 0 Å². The van der Waals surface area contributed by atoms with Crippen molar-refractivity contribution in [3.05, 3.63) is 70.0 Å². The van der Waals surface area contributed by atoms with Crippen molar-refractivity contribution in [2.75, 3.05) is 7.05 Å². The third kappa shape index (κ3) is 2.85. The number of halogens is 1. The van der Waals surface area contributed by atoms with E-state index in [1.54, 1.807) is 6.07 Å². The predicted octanol–water partition coefficient (Wildman–Crippen LogP) is 4.06. The number of rotatable bonds is 3. The van der Waals surface area contributed by atoms with Crippen LogP contribution in [-0.4, -0.2) is 7.05 Å². The Morgan fingerprint density at radius 1 is 0.947 bits per heavy atom. The SMILES string of the molecule is CNC(c1ccc(C)cc1)c1c(C)cc(C)cc1F. The van der Waals surface area contributed by atoms with Gasteiger partial charge in [0.25, 0.3) is 0 Å². The molecule has 0 heterocycles. The van der Waals surface area contributed by atoms with Gasteiger partial charge < -0.3 is 5.32 Å². The van der Waals surface area contributed by atoms with Gasteiger partial charge in [0.05, 0.1) is 6.04 Å². The molecule has 0 saturated carbocycles. The largest absolute Gasteiger partial charge is 0.309 e. The fourth-order valence-electron chi connectivity index (χ4n) is 2.53. The topological polar surface area (TPSA) is 12.0 Å². The molecule has 0 aliphatic heterocycles. The van der Waals surface area contributed by atoms with Crippen molar-refractivity contribution in [2.24, 2.45) is 0 Å². The molecule has 1 N–H and O–H groups in total. The van der Waals surface area contributed by atoms with Crippen LogP contribution in [0.4, 0.5) is 4.39 Å². The van der Waals surface area contributed by atoms with Crippen LogP contribution in [0.3, 0.4) is 0 Å². The second kappa shape index (κ2) is 5.54. The normalized spacial score (nSPS) is 12.5. The second-order valence-corrected chi connectivity index (χ2v) is 5.11. The van der Waals surface area contributed by atoms with Crippen LogP contribution in [0.1, 0.15) is 33.9 Å². The highest BCUT2D eigenvalue weighted by molar-refractivity contribution is 5.40. The van der Waals surface area contributed by atoms with Gasteiger partial charge in [0.1, 0.15) is 5.82 Å². The molecule has 1 nitrogen and oxygen atoms in total. The molecule has 1 unspecified atom stereocenters. The molecule has 0 aliphatic rings. The standard InChI is InChI=1S/C17H20FN/c1-11-5-7-14(8-6-11)17(19-4)16-13(3)9-12(2)10-15(16)18/h5-10,17,19H,1-4H3. The summed E-state index contributed by atoms with van der Waals surface area (Å²) in [6.07, 6.45) is 0. The van der Waals surface area contributed by atoms with E-state index in [9.17, 15) is 4.39 Å². The average molecular weight is 257 g/mol. The van der Waals surface area contributed by atoms with E-state index in [-0.39, 0.29) is 11.9 Å². The lowest BCUT2D eigenvalue weighted by atomic mass is 9.93. The molecular formula is C17H20FN. The third-order valence-corrected chi connectivity index (χ3v) is 3.47. The highest BCUT2D eigenvalue weighted by atomic mass is 19.1. The predicted molar refractivity (Wildman–Crippen MR) is 78.0 cm³/mol. The number of hydrogen-bond acceptors (Lipinski definition) is 1. The van der Waals surface area contributed by atoms with Crippen molar-refractivity contribution in [2.45, 2.75) is 26.8 Å². The van der Waals surface area contributed by atoms with Gasteiger partial charge >= 0.3 is 0 Å². The van der Waals surface area contributed by atoms with Crippen LogP contribution in [0, 0.1) is 26.6 Å². The van der Waals surface area contributed by atoms with Gasteiger partial charge in [-0.05, 0) is 50.6 Å². The Morgan fingerprint density at radius 2 is 1.58 bits per heavy atom. The van der Waals surface area contributed by atoms with Crippen LogP contribution in [0.5, 0.6) is 0 Å². The van der Waals surface area contributed by atoms with Crippen LogP contribution in [0.15, 0.2) is 36.4 Å². The molecule has 100 valence electrons. The Labute approximate surface area is 114 Å². The molecule has 2 heteroatoms. The minimum absolute atomic E-state index is 0.110. The lowest BCUT2D eigenvalue weighted by molar-refractivity contribution is 0.572. The van der Waals surface area contributed by atoms with Crippen molar-refractivity contribution >= 4 is 0 Å². The van der Waals surface area contributed by atoms with Gasteiger partial charge in [0.15, 0.2) is 0 Å². The molecule has 0 bridgehead atoms. The summed E-state index contributed by atoms with van der Waals surface area (Å²) in [6, 6.07) is 11.7. The fourth-order valence-corrected chi connectivity index (χ4v) is 2.53. The third-order valence-electron chi connectivity index (χ3n) is 3.47. The molecule has 0 radical (unpaired) electrons. The zero-order valence-corrected chi connectivity index (χ0v) is 11.9. The van der Waals surface area contributed by atoms with E-state index in [2.05, 4.69) is 36.5 Å². The van der Waals surface area contributed by atoms with Gasteiger partial charge in [-0.15, -0.1) is 0 Å². The summed E-state index contributed by atoms with van der Waals surface area (Å²) in [5.41, 5.74) is 4.96. The number of nitrogens with one attached hydrogen (secondary N) is 1.